The van der Waals surface area contributed by atoms with Gasteiger partial charge in [-0.1, -0.05) is 31.7 Å². The molecule has 126 valence electrons. The molecule has 1 aliphatic carbocycles. The lowest BCUT2D eigenvalue weighted by Crippen LogP contribution is -2.37. The van der Waals surface area contributed by atoms with Crippen LogP contribution in [0.1, 0.15) is 44.1 Å². The van der Waals surface area contributed by atoms with Crippen molar-refractivity contribution in [2.24, 2.45) is 0 Å². The Kier molecular flexibility index (Phi) is 5.75. The Labute approximate surface area is 137 Å². The SMILES string of the molecule is O=C(Cc1ccc2c(c1)OCO2)NCCNC1CCCCCC1. The lowest BCUT2D eigenvalue weighted by Gasteiger charge is -2.16. The third kappa shape index (κ3) is 4.86. The van der Waals surface area contributed by atoms with Crippen molar-refractivity contribution < 1.29 is 14.3 Å². The summed E-state index contributed by atoms with van der Waals surface area (Å²) < 4.78 is 10.6. The molecule has 0 aromatic heterocycles. The van der Waals surface area contributed by atoms with Crippen LogP contribution in [-0.2, 0) is 11.2 Å². The van der Waals surface area contributed by atoms with E-state index < -0.39 is 0 Å². The molecule has 23 heavy (non-hydrogen) atoms. The van der Waals surface area contributed by atoms with E-state index in [-0.39, 0.29) is 12.7 Å². The number of fused-ring (bicyclic) bond motifs is 1. The Morgan fingerprint density at radius 3 is 2.65 bits per heavy atom. The van der Waals surface area contributed by atoms with Crippen LogP contribution >= 0.6 is 0 Å². The zero-order valence-electron chi connectivity index (χ0n) is 13.6. The van der Waals surface area contributed by atoms with Crippen LogP contribution in [0.15, 0.2) is 18.2 Å². The first-order valence-corrected chi connectivity index (χ1v) is 8.70. The molecule has 0 spiro atoms. The molecule has 1 aromatic rings. The van der Waals surface area contributed by atoms with Crippen LogP contribution in [-0.4, -0.2) is 31.8 Å². The van der Waals surface area contributed by atoms with Gasteiger partial charge in [0.15, 0.2) is 11.5 Å². The lowest BCUT2D eigenvalue weighted by atomic mass is 10.1. The molecule has 3 rings (SSSR count). The summed E-state index contributed by atoms with van der Waals surface area (Å²) in [4.78, 5) is 12.0. The quantitative estimate of drug-likeness (QED) is 0.624. The number of carbonyl (C=O) groups excluding carboxylic acids is 1. The van der Waals surface area contributed by atoms with Gasteiger partial charge in [0, 0.05) is 19.1 Å². The van der Waals surface area contributed by atoms with E-state index in [1.165, 1.54) is 38.5 Å². The summed E-state index contributed by atoms with van der Waals surface area (Å²) in [6.45, 7) is 1.79. The van der Waals surface area contributed by atoms with Crippen LogP contribution < -0.4 is 20.1 Å². The van der Waals surface area contributed by atoms with Gasteiger partial charge in [-0.3, -0.25) is 4.79 Å². The fraction of sp³-hybridized carbons (Fsp3) is 0.611. The molecule has 1 aromatic carbocycles. The molecule has 1 aliphatic heterocycles. The van der Waals surface area contributed by atoms with Crippen molar-refractivity contribution in [2.75, 3.05) is 19.9 Å². The summed E-state index contributed by atoms with van der Waals surface area (Å²) in [7, 11) is 0. The predicted molar refractivity (Wildman–Crippen MR) is 88.8 cm³/mol. The lowest BCUT2D eigenvalue weighted by molar-refractivity contribution is -0.120. The molecule has 1 fully saturated rings. The Bertz CT molecular complexity index is 525. The first kappa shape index (κ1) is 16.1. The molecule has 1 amide bonds. The molecule has 0 bridgehead atoms. The highest BCUT2D eigenvalue weighted by atomic mass is 16.7. The molecule has 2 N–H and O–H groups in total. The number of nitrogens with one attached hydrogen (secondary N) is 2. The van der Waals surface area contributed by atoms with Crippen LogP contribution in [0.4, 0.5) is 0 Å². The first-order chi connectivity index (χ1) is 11.3. The fourth-order valence-corrected chi connectivity index (χ4v) is 3.26. The molecule has 5 nitrogen and oxygen atoms in total. The van der Waals surface area contributed by atoms with Gasteiger partial charge in [-0.15, -0.1) is 0 Å². The highest BCUT2D eigenvalue weighted by Gasteiger charge is 2.14. The fourth-order valence-electron chi connectivity index (χ4n) is 3.26. The van der Waals surface area contributed by atoms with Crippen molar-refractivity contribution in [3.8, 4) is 11.5 Å². The second-order valence-electron chi connectivity index (χ2n) is 6.36. The number of carbonyl (C=O) groups is 1. The Hall–Kier alpha value is -1.75. The third-order valence-corrected chi connectivity index (χ3v) is 4.54. The maximum atomic E-state index is 12.0. The van der Waals surface area contributed by atoms with Crippen LogP contribution in [0, 0.1) is 0 Å². The van der Waals surface area contributed by atoms with Gasteiger partial charge in [0.1, 0.15) is 0 Å². The van der Waals surface area contributed by atoms with Gasteiger partial charge in [-0.25, -0.2) is 0 Å². The minimum Gasteiger partial charge on any atom is -0.454 e. The molecule has 5 heteroatoms. The summed E-state index contributed by atoms with van der Waals surface area (Å²) >= 11 is 0. The van der Waals surface area contributed by atoms with Crippen molar-refractivity contribution in [2.45, 2.75) is 51.0 Å². The molecular formula is C18H26N2O3. The maximum Gasteiger partial charge on any atom is 0.231 e. The average molecular weight is 318 g/mol. The van der Waals surface area contributed by atoms with Crippen molar-refractivity contribution in [1.29, 1.82) is 0 Å². The standard InChI is InChI=1S/C18H26N2O3/c21-18(12-14-7-8-16-17(11-14)23-13-22-16)20-10-9-19-15-5-3-1-2-4-6-15/h7-8,11,15,19H,1-6,9-10,12-13H2,(H,20,21). The Morgan fingerprint density at radius 2 is 1.83 bits per heavy atom. The first-order valence-electron chi connectivity index (χ1n) is 8.70. The summed E-state index contributed by atoms with van der Waals surface area (Å²) in [5.74, 6) is 1.53. The van der Waals surface area contributed by atoms with Gasteiger partial charge in [-0.2, -0.15) is 0 Å². The van der Waals surface area contributed by atoms with E-state index in [9.17, 15) is 4.79 Å². The second-order valence-corrected chi connectivity index (χ2v) is 6.36. The van der Waals surface area contributed by atoms with Crippen LogP contribution in [0.25, 0.3) is 0 Å². The average Bonchev–Trinajstić information content (AvgIpc) is 2.86. The van der Waals surface area contributed by atoms with Gasteiger partial charge in [0.05, 0.1) is 6.42 Å². The summed E-state index contributed by atoms with van der Waals surface area (Å²) in [5, 5.41) is 6.54. The van der Waals surface area contributed by atoms with E-state index in [0.29, 0.717) is 19.0 Å². The molecule has 2 aliphatic rings. The van der Waals surface area contributed by atoms with Crippen molar-refractivity contribution in [3.63, 3.8) is 0 Å². The van der Waals surface area contributed by atoms with Crippen molar-refractivity contribution in [3.05, 3.63) is 23.8 Å². The summed E-state index contributed by atoms with van der Waals surface area (Å²) in [5.41, 5.74) is 0.948. The molecule has 0 unspecified atom stereocenters. The second kappa shape index (κ2) is 8.20. The van der Waals surface area contributed by atoms with E-state index in [0.717, 1.165) is 23.6 Å². The highest BCUT2D eigenvalue weighted by Crippen LogP contribution is 2.32. The number of rotatable bonds is 6. The number of benzene rings is 1. The number of hydrogen-bond donors (Lipinski definition) is 2. The van der Waals surface area contributed by atoms with E-state index >= 15 is 0 Å². The van der Waals surface area contributed by atoms with Gasteiger partial charge in [-0.05, 0) is 30.5 Å². The van der Waals surface area contributed by atoms with Gasteiger partial charge >= 0.3 is 0 Å². The minimum absolute atomic E-state index is 0.0477. The molecular weight excluding hydrogens is 292 g/mol. The molecule has 0 atom stereocenters. The van der Waals surface area contributed by atoms with Crippen LogP contribution in [0.2, 0.25) is 0 Å². The van der Waals surface area contributed by atoms with Gasteiger partial charge < -0.3 is 20.1 Å². The topological polar surface area (TPSA) is 59.6 Å². The van der Waals surface area contributed by atoms with E-state index in [2.05, 4.69) is 10.6 Å². The number of ether oxygens (including phenoxy) is 2. The van der Waals surface area contributed by atoms with Crippen LogP contribution in [0.3, 0.4) is 0 Å². The zero-order valence-corrected chi connectivity index (χ0v) is 13.6. The van der Waals surface area contributed by atoms with E-state index in [4.69, 9.17) is 9.47 Å². The largest absolute Gasteiger partial charge is 0.454 e. The van der Waals surface area contributed by atoms with Crippen molar-refractivity contribution in [1.82, 2.24) is 10.6 Å². The Balaban J connectivity index is 1.35. The van der Waals surface area contributed by atoms with Crippen molar-refractivity contribution >= 4 is 5.91 Å². The minimum atomic E-state index is 0.0477. The molecule has 1 heterocycles. The normalized spacial score (nSPS) is 17.7. The zero-order chi connectivity index (χ0) is 15.9. The summed E-state index contributed by atoms with van der Waals surface area (Å²) in [6, 6.07) is 6.28. The van der Waals surface area contributed by atoms with E-state index in [1.54, 1.807) is 0 Å². The monoisotopic (exact) mass is 318 g/mol. The van der Waals surface area contributed by atoms with Gasteiger partial charge in [0.2, 0.25) is 12.7 Å². The molecule has 1 saturated carbocycles. The number of hydrogen-bond acceptors (Lipinski definition) is 4. The predicted octanol–water partition coefficient (Wildman–Crippen LogP) is 2.39. The molecule has 0 radical (unpaired) electrons. The Morgan fingerprint density at radius 1 is 1.04 bits per heavy atom. The highest BCUT2D eigenvalue weighted by molar-refractivity contribution is 5.78. The van der Waals surface area contributed by atoms with Crippen LogP contribution in [0.5, 0.6) is 11.5 Å². The smallest absolute Gasteiger partial charge is 0.231 e. The maximum absolute atomic E-state index is 12.0. The molecule has 0 saturated heterocycles. The number of amides is 1. The van der Waals surface area contributed by atoms with E-state index in [1.807, 2.05) is 18.2 Å². The van der Waals surface area contributed by atoms with Gasteiger partial charge in [0.25, 0.3) is 0 Å². The third-order valence-electron chi connectivity index (χ3n) is 4.54. The summed E-state index contributed by atoms with van der Waals surface area (Å²) in [6.07, 6.45) is 8.30.